The minimum absolute atomic E-state index is 0.120. The number of nitrogens with zero attached hydrogens (tertiary/aromatic N) is 1. The average Bonchev–Trinajstić information content (AvgIpc) is 2.43. The van der Waals surface area contributed by atoms with Crippen LogP contribution in [0.2, 0.25) is 0 Å². The summed E-state index contributed by atoms with van der Waals surface area (Å²) in [5, 5.41) is 9.33. The van der Waals surface area contributed by atoms with E-state index in [0.29, 0.717) is 19.0 Å². The van der Waals surface area contributed by atoms with E-state index >= 15 is 0 Å². The zero-order valence-electron chi connectivity index (χ0n) is 11.1. The molecule has 0 bridgehead atoms. The summed E-state index contributed by atoms with van der Waals surface area (Å²) in [5.74, 6) is -4.67. The lowest BCUT2D eigenvalue weighted by molar-refractivity contribution is 0.0350. The molecule has 110 valence electrons. The first-order valence-corrected chi connectivity index (χ1v) is 6.41. The molecule has 1 atom stereocenters. The SMILES string of the molecule is C[C@]1(CO)CCCN(C(=O)c2c(F)ccc(F)c2F)C1. The fourth-order valence-electron chi connectivity index (χ4n) is 2.50. The summed E-state index contributed by atoms with van der Waals surface area (Å²) in [4.78, 5) is 13.5. The molecule has 0 saturated carbocycles. The van der Waals surface area contributed by atoms with Crippen molar-refractivity contribution < 1.29 is 23.1 Å². The third kappa shape index (κ3) is 2.65. The zero-order chi connectivity index (χ0) is 14.9. The first kappa shape index (κ1) is 14.8. The number of piperidine rings is 1. The number of carbonyl (C=O) groups is 1. The van der Waals surface area contributed by atoms with E-state index in [4.69, 9.17) is 0 Å². The number of aliphatic hydroxyl groups excluding tert-OH is 1. The van der Waals surface area contributed by atoms with Crippen molar-refractivity contribution in [1.29, 1.82) is 0 Å². The monoisotopic (exact) mass is 287 g/mol. The van der Waals surface area contributed by atoms with Gasteiger partial charge >= 0.3 is 0 Å². The molecule has 1 N–H and O–H groups in total. The van der Waals surface area contributed by atoms with Gasteiger partial charge in [0, 0.05) is 18.5 Å². The molecule has 1 aliphatic heterocycles. The van der Waals surface area contributed by atoms with E-state index in [0.717, 1.165) is 12.5 Å². The summed E-state index contributed by atoms with van der Waals surface area (Å²) in [6.07, 6.45) is 1.35. The van der Waals surface area contributed by atoms with Crippen LogP contribution in [-0.4, -0.2) is 35.6 Å². The van der Waals surface area contributed by atoms with Gasteiger partial charge < -0.3 is 10.0 Å². The average molecular weight is 287 g/mol. The minimum Gasteiger partial charge on any atom is -0.396 e. The Labute approximate surface area is 115 Å². The Morgan fingerprint density at radius 1 is 1.35 bits per heavy atom. The number of benzene rings is 1. The number of rotatable bonds is 2. The highest BCUT2D eigenvalue weighted by Crippen LogP contribution is 2.30. The molecular formula is C14H16F3NO2. The standard InChI is InChI=1S/C14H16F3NO2/c1-14(8-19)5-2-6-18(7-14)13(20)11-9(15)3-4-10(16)12(11)17/h3-4,19H,2,5-8H2,1H3/t14-/m0/s1. The zero-order valence-corrected chi connectivity index (χ0v) is 11.1. The van der Waals surface area contributed by atoms with Gasteiger partial charge in [0.05, 0.1) is 6.61 Å². The number of hydrogen-bond donors (Lipinski definition) is 1. The lowest BCUT2D eigenvalue weighted by Gasteiger charge is -2.39. The smallest absolute Gasteiger partial charge is 0.259 e. The molecule has 0 spiro atoms. The molecule has 1 aromatic carbocycles. The summed E-state index contributed by atoms with van der Waals surface area (Å²) in [6.45, 7) is 2.21. The van der Waals surface area contributed by atoms with Gasteiger partial charge in [-0.1, -0.05) is 6.92 Å². The molecular weight excluding hydrogens is 271 g/mol. The van der Waals surface area contributed by atoms with E-state index in [1.165, 1.54) is 4.90 Å². The number of carbonyl (C=O) groups excluding carboxylic acids is 1. The summed E-state index contributed by atoms with van der Waals surface area (Å²) >= 11 is 0. The molecule has 2 rings (SSSR count). The molecule has 1 saturated heterocycles. The van der Waals surface area contributed by atoms with Crippen molar-refractivity contribution in [2.75, 3.05) is 19.7 Å². The Balaban J connectivity index is 2.30. The number of aliphatic hydroxyl groups is 1. The van der Waals surface area contributed by atoms with Crippen molar-refractivity contribution >= 4 is 5.91 Å². The maximum Gasteiger partial charge on any atom is 0.259 e. The number of likely N-dealkylation sites (tertiary alicyclic amines) is 1. The van der Waals surface area contributed by atoms with Crippen LogP contribution in [0.15, 0.2) is 12.1 Å². The van der Waals surface area contributed by atoms with Gasteiger partial charge in [-0.05, 0) is 25.0 Å². The molecule has 1 aromatic rings. The topological polar surface area (TPSA) is 40.5 Å². The van der Waals surface area contributed by atoms with Gasteiger partial charge in [0.25, 0.3) is 5.91 Å². The quantitative estimate of drug-likeness (QED) is 0.848. The van der Waals surface area contributed by atoms with E-state index in [1.54, 1.807) is 6.92 Å². The summed E-state index contributed by atoms with van der Waals surface area (Å²) in [6, 6.07) is 1.39. The van der Waals surface area contributed by atoms with Crippen LogP contribution in [-0.2, 0) is 0 Å². The Morgan fingerprint density at radius 2 is 2.00 bits per heavy atom. The van der Waals surface area contributed by atoms with Gasteiger partial charge in [-0.25, -0.2) is 13.2 Å². The molecule has 6 heteroatoms. The minimum atomic E-state index is -1.47. The fraction of sp³-hybridized carbons (Fsp3) is 0.500. The van der Waals surface area contributed by atoms with Crippen LogP contribution in [0.25, 0.3) is 0 Å². The first-order valence-electron chi connectivity index (χ1n) is 6.41. The van der Waals surface area contributed by atoms with Crippen LogP contribution in [0.1, 0.15) is 30.1 Å². The lowest BCUT2D eigenvalue weighted by atomic mass is 9.82. The van der Waals surface area contributed by atoms with Crippen molar-refractivity contribution in [1.82, 2.24) is 4.90 Å². The number of halogens is 3. The molecule has 20 heavy (non-hydrogen) atoms. The van der Waals surface area contributed by atoms with Crippen molar-refractivity contribution in [3.8, 4) is 0 Å². The largest absolute Gasteiger partial charge is 0.396 e. The molecule has 0 aromatic heterocycles. The van der Waals surface area contributed by atoms with Crippen LogP contribution in [0.5, 0.6) is 0 Å². The van der Waals surface area contributed by atoms with Crippen LogP contribution in [0.4, 0.5) is 13.2 Å². The fourth-order valence-corrected chi connectivity index (χ4v) is 2.50. The Morgan fingerprint density at radius 3 is 2.65 bits per heavy atom. The van der Waals surface area contributed by atoms with Crippen LogP contribution in [0.3, 0.4) is 0 Å². The van der Waals surface area contributed by atoms with Crippen LogP contribution < -0.4 is 0 Å². The first-order chi connectivity index (χ1) is 9.38. The van der Waals surface area contributed by atoms with Crippen molar-refractivity contribution in [3.63, 3.8) is 0 Å². The molecule has 0 aliphatic carbocycles. The van der Waals surface area contributed by atoms with Gasteiger partial charge in [0.2, 0.25) is 0 Å². The van der Waals surface area contributed by atoms with E-state index in [-0.39, 0.29) is 13.2 Å². The molecule has 0 unspecified atom stereocenters. The molecule has 1 fully saturated rings. The van der Waals surface area contributed by atoms with Crippen molar-refractivity contribution in [3.05, 3.63) is 35.1 Å². The van der Waals surface area contributed by atoms with Gasteiger partial charge in [0.15, 0.2) is 11.6 Å². The molecule has 1 heterocycles. The summed E-state index contributed by atoms with van der Waals surface area (Å²) in [5.41, 5.74) is -1.36. The van der Waals surface area contributed by atoms with Gasteiger partial charge in [-0.15, -0.1) is 0 Å². The Kier molecular flexibility index (Phi) is 4.04. The second-order valence-electron chi connectivity index (χ2n) is 5.52. The van der Waals surface area contributed by atoms with Crippen LogP contribution >= 0.6 is 0 Å². The van der Waals surface area contributed by atoms with E-state index < -0.39 is 34.3 Å². The van der Waals surface area contributed by atoms with Crippen LogP contribution in [0, 0.1) is 22.9 Å². The number of amides is 1. The predicted octanol–water partition coefficient (Wildman–Crippen LogP) is 2.34. The Bertz CT molecular complexity index is 535. The second kappa shape index (κ2) is 5.44. The summed E-state index contributed by atoms with van der Waals surface area (Å²) in [7, 11) is 0. The highest BCUT2D eigenvalue weighted by atomic mass is 19.2. The van der Waals surface area contributed by atoms with Gasteiger partial charge in [-0.2, -0.15) is 0 Å². The van der Waals surface area contributed by atoms with Gasteiger partial charge in [-0.3, -0.25) is 4.79 Å². The maximum absolute atomic E-state index is 13.6. The summed E-state index contributed by atoms with van der Waals surface area (Å²) < 4.78 is 40.4. The highest BCUT2D eigenvalue weighted by molar-refractivity contribution is 5.94. The second-order valence-corrected chi connectivity index (χ2v) is 5.52. The molecule has 0 radical (unpaired) electrons. The third-order valence-electron chi connectivity index (χ3n) is 3.71. The van der Waals surface area contributed by atoms with Gasteiger partial charge in [0.1, 0.15) is 11.4 Å². The van der Waals surface area contributed by atoms with Crippen molar-refractivity contribution in [2.45, 2.75) is 19.8 Å². The lowest BCUT2D eigenvalue weighted by Crippen LogP contribution is -2.46. The Hall–Kier alpha value is -1.56. The van der Waals surface area contributed by atoms with E-state index in [2.05, 4.69) is 0 Å². The normalized spacial score (nSPS) is 22.9. The van der Waals surface area contributed by atoms with E-state index in [1.807, 2.05) is 0 Å². The molecule has 1 amide bonds. The molecule has 1 aliphatic rings. The van der Waals surface area contributed by atoms with E-state index in [9.17, 15) is 23.1 Å². The third-order valence-corrected chi connectivity index (χ3v) is 3.71. The maximum atomic E-state index is 13.6. The highest BCUT2D eigenvalue weighted by Gasteiger charge is 2.35. The van der Waals surface area contributed by atoms with Crippen molar-refractivity contribution in [2.24, 2.45) is 5.41 Å². The molecule has 3 nitrogen and oxygen atoms in total. The number of hydrogen-bond acceptors (Lipinski definition) is 2. The predicted molar refractivity (Wildman–Crippen MR) is 66.6 cm³/mol.